The molecule has 2 aromatic carbocycles. The molecule has 4 atom stereocenters. The zero-order valence-electron chi connectivity index (χ0n) is 17.1. The number of hydrogen-bond donors (Lipinski definition) is 10. The first-order valence-electron chi connectivity index (χ1n) is 9.40. The summed E-state index contributed by atoms with van der Waals surface area (Å²) >= 11 is 0. The van der Waals surface area contributed by atoms with Crippen molar-refractivity contribution in [3.63, 3.8) is 0 Å². The normalized spacial score (nSPS) is 14.6. The van der Waals surface area contributed by atoms with Crippen LogP contribution in [0.2, 0.25) is 0 Å². The number of phenols is 6. The number of phenolic OH excluding ortho intramolecular Hbond substituents is 6. The Balaban J connectivity index is 2.25. The number of ether oxygens (including phenoxy) is 2. The fraction of sp³-hybridized carbons (Fsp3) is 0.300. The SMILES string of the molecule is O=C(OC[C@H](OC(=O)c1cc(O)c(O)c(O)c1)[C@@H](O)[C@H](O)[C@H](O)CO)c1cc(O)c(O)c(O)c1. The molecule has 0 saturated heterocycles. The van der Waals surface area contributed by atoms with Gasteiger partial charge in [0.1, 0.15) is 24.9 Å². The highest BCUT2D eigenvalue weighted by Gasteiger charge is 2.35. The molecule has 2 aromatic rings. The molecule has 0 aliphatic rings. The second-order valence-electron chi connectivity index (χ2n) is 7.00. The highest BCUT2D eigenvalue weighted by molar-refractivity contribution is 5.92. The standard InChI is InChI=1S/C20H22O14/c21-5-13(26)17(29)18(30)14(34-20(32)8-3-11(24)16(28)12(25)4-8)6-33-19(31)7-1-9(22)15(27)10(23)2-7/h1-4,13-14,17-18,21-30H,5-6H2/t13-,14+,17-,18-/m1/s1. The number of rotatable bonds is 9. The maximum absolute atomic E-state index is 12.4. The van der Waals surface area contributed by atoms with Crippen LogP contribution in [0.5, 0.6) is 34.5 Å². The predicted molar refractivity (Wildman–Crippen MR) is 107 cm³/mol. The van der Waals surface area contributed by atoms with E-state index in [2.05, 4.69) is 0 Å². The summed E-state index contributed by atoms with van der Waals surface area (Å²) in [6.07, 6.45) is -8.02. The van der Waals surface area contributed by atoms with Gasteiger partial charge < -0.3 is 60.5 Å². The van der Waals surface area contributed by atoms with Crippen LogP contribution in [0.25, 0.3) is 0 Å². The van der Waals surface area contributed by atoms with E-state index >= 15 is 0 Å². The summed E-state index contributed by atoms with van der Waals surface area (Å²) in [7, 11) is 0. The van der Waals surface area contributed by atoms with Gasteiger partial charge in [0.25, 0.3) is 0 Å². The van der Waals surface area contributed by atoms with Gasteiger partial charge in [0.15, 0.2) is 40.6 Å². The number of esters is 2. The van der Waals surface area contributed by atoms with Gasteiger partial charge in [-0.25, -0.2) is 9.59 Å². The largest absolute Gasteiger partial charge is 0.504 e. The maximum atomic E-state index is 12.4. The predicted octanol–water partition coefficient (Wildman–Crippen LogP) is -1.62. The lowest BCUT2D eigenvalue weighted by atomic mass is 10.0. The van der Waals surface area contributed by atoms with Crippen molar-refractivity contribution >= 4 is 11.9 Å². The van der Waals surface area contributed by atoms with Crippen molar-refractivity contribution in [2.75, 3.05) is 13.2 Å². The van der Waals surface area contributed by atoms with Crippen molar-refractivity contribution in [1.82, 2.24) is 0 Å². The molecule has 0 saturated carbocycles. The van der Waals surface area contributed by atoms with Crippen LogP contribution in [-0.4, -0.2) is 101 Å². The van der Waals surface area contributed by atoms with Gasteiger partial charge in [-0.05, 0) is 24.3 Å². The molecular formula is C20H22O14. The Bertz CT molecular complexity index is 1010. The third-order valence-corrected chi connectivity index (χ3v) is 4.56. The molecule has 10 N–H and O–H groups in total. The van der Waals surface area contributed by atoms with Gasteiger partial charge >= 0.3 is 11.9 Å². The van der Waals surface area contributed by atoms with Crippen LogP contribution >= 0.6 is 0 Å². The van der Waals surface area contributed by atoms with Gasteiger partial charge in [-0.2, -0.15) is 0 Å². The van der Waals surface area contributed by atoms with Crippen molar-refractivity contribution in [3.8, 4) is 34.5 Å². The molecule has 0 aromatic heterocycles. The number of hydrogen-bond acceptors (Lipinski definition) is 14. The summed E-state index contributed by atoms with van der Waals surface area (Å²) in [5.41, 5.74) is -0.987. The molecule has 2 rings (SSSR count). The summed E-state index contributed by atoms with van der Waals surface area (Å²) in [5.74, 6) is -7.90. The Kier molecular flexibility index (Phi) is 8.31. The molecular weight excluding hydrogens is 464 g/mol. The van der Waals surface area contributed by atoms with E-state index in [1.165, 1.54) is 0 Å². The van der Waals surface area contributed by atoms with Gasteiger partial charge in [0.05, 0.1) is 17.7 Å². The lowest BCUT2D eigenvalue weighted by Gasteiger charge is -2.28. The Labute approximate surface area is 190 Å². The van der Waals surface area contributed by atoms with Crippen LogP contribution in [-0.2, 0) is 9.47 Å². The zero-order chi connectivity index (χ0) is 25.7. The highest BCUT2D eigenvalue weighted by Crippen LogP contribution is 2.36. The molecule has 0 spiro atoms. The average Bonchev–Trinajstić information content (AvgIpc) is 2.80. The van der Waals surface area contributed by atoms with Crippen LogP contribution in [0.3, 0.4) is 0 Å². The smallest absolute Gasteiger partial charge is 0.338 e. The number of carbonyl (C=O) groups is 2. The zero-order valence-corrected chi connectivity index (χ0v) is 17.1. The van der Waals surface area contributed by atoms with E-state index in [4.69, 9.17) is 14.6 Å². The maximum Gasteiger partial charge on any atom is 0.338 e. The van der Waals surface area contributed by atoms with Crippen molar-refractivity contribution in [2.45, 2.75) is 24.4 Å². The molecule has 0 radical (unpaired) electrons. The van der Waals surface area contributed by atoms with Crippen LogP contribution < -0.4 is 0 Å². The fourth-order valence-electron chi connectivity index (χ4n) is 2.65. The number of aliphatic hydroxyl groups is 4. The summed E-state index contributed by atoms with van der Waals surface area (Å²) in [5, 5.41) is 95.5. The number of carbonyl (C=O) groups excluding carboxylic acids is 2. The minimum Gasteiger partial charge on any atom is -0.504 e. The first-order chi connectivity index (χ1) is 15.9. The Morgan fingerprint density at radius 3 is 1.53 bits per heavy atom. The lowest BCUT2D eigenvalue weighted by molar-refractivity contribution is -0.127. The molecule has 14 nitrogen and oxygen atoms in total. The number of aromatic hydroxyl groups is 6. The highest BCUT2D eigenvalue weighted by atomic mass is 16.6. The number of aliphatic hydroxyl groups excluding tert-OH is 4. The molecule has 0 aliphatic carbocycles. The summed E-state index contributed by atoms with van der Waals surface area (Å²) in [4.78, 5) is 24.6. The van der Waals surface area contributed by atoms with E-state index < -0.39 is 95.2 Å². The Morgan fingerprint density at radius 1 is 0.706 bits per heavy atom. The van der Waals surface area contributed by atoms with Crippen LogP contribution in [0.15, 0.2) is 24.3 Å². The monoisotopic (exact) mass is 486 g/mol. The third-order valence-electron chi connectivity index (χ3n) is 4.56. The van der Waals surface area contributed by atoms with Crippen molar-refractivity contribution < 1.29 is 70.1 Å². The van der Waals surface area contributed by atoms with Crippen LogP contribution in [0.4, 0.5) is 0 Å². The molecule has 14 heteroatoms. The van der Waals surface area contributed by atoms with Gasteiger partial charge in [-0.1, -0.05) is 0 Å². The van der Waals surface area contributed by atoms with E-state index in [0.717, 1.165) is 12.1 Å². The quantitative estimate of drug-likeness (QED) is 0.141. The van der Waals surface area contributed by atoms with E-state index in [0.29, 0.717) is 12.1 Å². The van der Waals surface area contributed by atoms with E-state index in [1.54, 1.807) is 0 Å². The van der Waals surface area contributed by atoms with Crippen molar-refractivity contribution in [3.05, 3.63) is 35.4 Å². The minimum absolute atomic E-state index is 0.461. The number of benzene rings is 2. The van der Waals surface area contributed by atoms with E-state index in [9.17, 15) is 55.5 Å². The molecule has 0 amide bonds. The van der Waals surface area contributed by atoms with Gasteiger partial charge in [0.2, 0.25) is 0 Å². The first-order valence-corrected chi connectivity index (χ1v) is 9.40. The van der Waals surface area contributed by atoms with E-state index in [-0.39, 0.29) is 0 Å². The molecule has 34 heavy (non-hydrogen) atoms. The molecule has 0 bridgehead atoms. The molecule has 0 heterocycles. The van der Waals surface area contributed by atoms with Crippen molar-refractivity contribution in [2.24, 2.45) is 0 Å². The molecule has 0 fully saturated rings. The first kappa shape index (κ1) is 26.3. The average molecular weight is 486 g/mol. The summed E-state index contributed by atoms with van der Waals surface area (Å²) < 4.78 is 9.81. The lowest BCUT2D eigenvalue weighted by Crippen LogP contribution is -2.49. The minimum atomic E-state index is -2.14. The fourth-order valence-corrected chi connectivity index (χ4v) is 2.65. The van der Waals surface area contributed by atoms with Gasteiger partial charge in [0, 0.05) is 0 Å². The summed E-state index contributed by atoms with van der Waals surface area (Å²) in [6, 6.07) is 2.88. The second kappa shape index (κ2) is 10.8. The van der Waals surface area contributed by atoms with Crippen LogP contribution in [0, 0.1) is 0 Å². The summed E-state index contributed by atoms with van der Waals surface area (Å²) in [6.45, 7) is -1.97. The van der Waals surface area contributed by atoms with Gasteiger partial charge in [-0.3, -0.25) is 0 Å². The van der Waals surface area contributed by atoms with Crippen molar-refractivity contribution in [1.29, 1.82) is 0 Å². The second-order valence-corrected chi connectivity index (χ2v) is 7.00. The van der Waals surface area contributed by atoms with Crippen LogP contribution in [0.1, 0.15) is 20.7 Å². The van der Waals surface area contributed by atoms with Gasteiger partial charge in [-0.15, -0.1) is 0 Å². The molecule has 0 aliphatic heterocycles. The molecule has 0 unspecified atom stereocenters. The van der Waals surface area contributed by atoms with E-state index in [1.807, 2.05) is 0 Å². The third kappa shape index (κ3) is 5.87. The topological polar surface area (TPSA) is 255 Å². The Morgan fingerprint density at radius 2 is 1.12 bits per heavy atom. The Hall–Kier alpha value is -3.98. The molecule has 186 valence electrons.